The zero-order valence-corrected chi connectivity index (χ0v) is 11.1. The Labute approximate surface area is 121 Å². The average molecular weight is 280 g/mol. The molecule has 21 heavy (non-hydrogen) atoms. The van der Waals surface area contributed by atoms with Gasteiger partial charge in [-0.15, -0.1) is 0 Å². The van der Waals surface area contributed by atoms with Gasteiger partial charge < -0.3 is 11.1 Å². The molecule has 1 amide bonds. The van der Waals surface area contributed by atoms with Gasteiger partial charge in [-0.3, -0.25) is 4.79 Å². The van der Waals surface area contributed by atoms with Gasteiger partial charge in [-0.25, -0.2) is 4.39 Å². The van der Waals surface area contributed by atoms with Gasteiger partial charge in [-0.05, 0) is 41.1 Å². The lowest BCUT2D eigenvalue weighted by Gasteiger charge is -2.09. The van der Waals surface area contributed by atoms with Crippen molar-refractivity contribution in [3.05, 3.63) is 72.0 Å². The lowest BCUT2D eigenvalue weighted by atomic mass is 10.1. The summed E-state index contributed by atoms with van der Waals surface area (Å²) in [6.07, 6.45) is 0. The molecular weight excluding hydrogens is 267 g/mol. The first-order valence-electron chi connectivity index (χ1n) is 6.49. The number of hydrogen-bond acceptors (Lipinski definition) is 2. The van der Waals surface area contributed by atoms with E-state index in [-0.39, 0.29) is 11.6 Å². The van der Waals surface area contributed by atoms with E-state index in [9.17, 15) is 9.18 Å². The Balaban J connectivity index is 1.89. The van der Waals surface area contributed by atoms with Crippen LogP contribution in [0, 0.1) is 5.82 Å². The smallest absolute Gasteiger partial charge is 0.255 e. The molecule has 0 unspecified atom stereocenters. The summed E-state index contributed by atoms with van der Waals surface area (Å²) < 4.78 is 13.0. The Bertz CT molecular complexity index is 830. The van der Waals surface area contributed by atoms with Crippen LogP contribution in [0.2, 0.25) is 0 Å². The van der Waals surface area contributed by atoms with Crippen molar-refractivity contribution in [3.8, 4) is 0 Å². The molecule has 0 spiro atoms. The topological polar surface area (TPSA) is 55.1 Å². The third kappa shape index (κ3) is 2.69. The van der Waals surface area contributed by atoms with E-state index in [4.69, 9.17) is 5.73 Å². The minimum absolute atomic E-state index is 0.198. The molecule has 4 heteroatoms. The molecular formula is C17H13FN2O. The fourth-order valence-corrected chi connectivity index (χ4v) is 2.17. The maximum atomic E-state index is 13.0. The summed E-state index contributed by atoms with van der Waals surface area (Å²) in [6.45, 7) is 0. The molecule has 3 nitrogen and oxygen atoms in total. The van der Waals surface area contributed by atoms with Gasteiger partial charge in [0, 0.05) is 5.56 Å². The Hall–Kier alpha value is -2.88. The molecule has 0 saturated heterocycles. The van der Waals surface area contributed by atoms with Crippen molar-refractivity contribution in [2.24, 2.45) is 0 Å². The van der Waals surface area contributed by atoms with Crippen LogP contribution in [0.5, 0.6) is 0 Å². The quantitative estimate of drug-likeness (QED) is 0.701. The zero-order valence-electron chi connectivity index (χ0n) is 11.1. The fraction of sp³-hybridized carbons (Fsp3) is 0. The average Bonchev–Trinajstić information content (AvgIpc) is 2.49. The number of fused-ring (bicyclic) bond motifs is 1. The number of amides is 1. The Morgan fingerprint density at radius 1 is 0.952 bits per heavy atom. The summed E-state index contributed by atoms with van der Waals surface area (Å²) in [5, 5.41) is 4.74. The second-order valence-electron chi connectivity index (χ2n) is 4.75. The Morgan fingerprint density at radius 3 is 2.48 bits per heavy atom. The first kappa shape index (κ1) is 13.1. The monoisotopic (exact) mass is 280 g/mol. The largest absolute Gasteiger partial charge is 0.397 e. The molecule has 0 bridgehead atoms. The van der Waals surface area contributed by atoms with E-state index in [0.717, 1.165) is 10.8 Å². The maximum Gasteiger partial charge on any atom is 0.255 e. The van der Waals surface area contributed by atoms with Crippen LogP contribution in [0.3, 0.4) is 0 Å². The van der Waals surface area contributed by atoms with Crippen LogP contribution in [0.4, 0.5) is 15.8 Å². The normalized spacial score (nSPS) is 10.5. The number of nitrogen functional groups attached to an aromatic ring is 1. The van der Waals surface area contributed by atoms with E-state index in [1.165, 1.54) is 18.2 Å². The highest BCUT2D eigenvalue weighted by atomic mass is 19.1. The van der Waals surface area contributed by atoms with Crippen LogP contribution < -0.4 is 11.1 Å². The van der Waals surface area contributed by atoms with Gasteiger partial charge in [0.05, 0.1) is 11.4 Å². The summed E-state index contributed by atoms with van der Waals surface area (Å²) in [4.78, 5) is 12.2. The molecule has 3 aromatic rings. The zero-order chi connectivity index (χ0) is 14.8. The van der Waals surface area contributed by atoms with Crippen LogP contribution in [-0.2, 0) is 0 Å². The van der Waals surface area contributed by atoms with E-state index in [0.29, 0.717) is 11.3 Å². The van der Waals surface area contributed by atoms with Gasteiger partial charge in [-0.1, -0.05) is 30.3 Å². The number of benzene rings is 3. The summed E-state index contributed by atoms with van der Waals surface area (Å²) in [7, 11) is 0. The van der Waals surface area contributed by atoms with Gasteiger partial charge >= 0.3 is 0 Å². The van der Waals surface area contributed by atoms with Crippen molar-refractivity contribution >= 4 is 28.1 Å². The van der Waals surface area contributed by atoms with Gasteiger partial charge in [0.15, 0.2) is 0 Å². The number of nitrogens with two attached hydrogens (primary N) is 1. The molecule has 0 saturated carbocycles. The minimum atomic E-state index is -0.434. The molecule has 3 aromatic carbocycles. The van der Waals surface area contributed by atoms with Crippen molar-refractivity contribution in [1.82, 2.24) is 0 Å². The number of rotatable bonds is 2. The molecule has 3 rings (SSSR count). The lowest BCUT2D eigenvalue weighted by molar-refractivity contribution is 0.102. The van der Waals surface area contributed by atoms with Gasteiger partial charge in [0.25, 0.3) is 5.91 Å². The molecule has 0 aromatic heterocycles. The Kier molecular flexibility index (Phi) is 3.28. The summed E-state index contributed by atoms with van der Waals surface area (Å²) in [5.74, 6) is -0.713. The van der Waals surface area contributed by atoms with Gasteiger partial charge in [-0.2, -0.15) is 0 Å². The summed E-state index contributed by atoms with van der Waals surface area (Å²) in [5.41, 5.74) is 6.80. The van der Waals surface area contributed by atoms with Crippen LogP contribution in [0.1, 0.15) is 10.4 Å². The second-order valence-corrected chi connectivity index (χ2v) is 4.75. The predicted octanol–water partition coefficient (Wildman–Crippen LogP) is 3.81. The second kappa shape index (κ2) is 5.25. The van der Waals surface area contributed by atoms with Crippen LogP contribution in [-0.4, -0.2) is 5.91 Å². The van der Waals surface area contributed by atoms with E-state index in [2.05, 4.69) is 5.32 Å². The first-order chi connectivity index (χ1) is 10.1. The molecule has 0 aliphatic carbocycles. The van der Waals surface area contributed by atoms with Gasteiger partial charge in [0.1, 0.15) is 5.82 Å². The van der Waals surface area contributed by atoms with Crippen molar-refractivity contribution in [2.45, 2.75) is 0 Å². The Morgan fingerprint density at radius 2 is 1.71 bits per heavy atom. The highest BCUT2D eigenvalue weighted by molar-refractivity contribution is 6.07. The molecule has 0 aliphatic heterocycles. The number of carbonyl (C=O) groups excluding carboxylic acids is 1. The third-order valence-corrected chi connectivity index (χ3v) is 3.27. The van der Waals surface area contributed by atoms with E-state index < -0.39 is 5.82 Å². The lowest BCUT2D eigenvalue weighted by Crippen LogP contribution is -2.13. The van der Waals surface area contributed by atoms with Gasteiger partial charge in [0.2, 0.25) is 0 Å². The molecule has 0 fully saturated rings. The minimum Gasteiger partial charge on any atom is -0.397 e. The maximum absolute atomic E-state index is 13.0. The molecule has 104 valence electrons. The van der Waals surface area contributed by atoms with E-state index in [1.807, 2.05) is 36.4 Å². The highest BCUT2D eigenvalue weighted by Crippen LogP contribution is 2.21. The van der Waals surface area contributed by atoms with Crippen molar-refractivity contribution in [3.63, 3.8) is 0 Å². The predicted molar refractivity (Wildman–Crippen MR) is 82.7 cm³/mol. The molecule has 0 radical (unpaired) electrons. The van der Waals surface area contributed by atoms with Crippen LogP contribution >= 0.6 is 0 Å². The standard InChI is InChI=1S/C17H13FN2O/c18-14-7-8-16(15(19)10-14)20-17(21)13-6-5-11-3-1-2-4-12(11)9-13/h1-10H,19H2,(H,20,21). The molecule has 3 N–H and O–H groups in total. The van der Waals surface area contributed by atoms with E-state index in [1.54, 1.807) is 6.07 Å². The molecule has 0 heterocycles. The van der Waals surface area contributed by atoms with Crippen molar-refractivity contribution in [2.75, 3.05) is 11.1 Å². The number of hydrogen-bond donors (Lipinski definition) is 2. The third-order valence-electron chi connectivity index (χ3n) is 3.27. The van der Waals surface area contributed by atoms with E-state index >= 15 is 0 Å². The SMILES string of the molecule is Nc1cc(F)ccc1NC(=O)c1ccc2ccccc2c1. The number of anilines is 2. The number of halogens is 1. The van der Waals surface area contributed by atoms with Crippen molar-refractivity contribution < 1.29 is 9.18 Å². The highest BCUT2D eigenvalue weighted by Gasteiger charge is 2.09. The molecule has 0 atom stereocenters. The summed E-state index contributed by atoms with van der Waals surface area (Å²) >= 11 is 0. The number of nitrogens with one attached hydrogen (secondary N) is 1. The van der Waals surface area contributed by atoms with Crippen molar-refractivity contribution in [1.29, 1.82) is 0 Å². The van der Waals surface area contributed by atoms with Crippen LogP contribution in [0.25, 0.3) is 10.8 Å². The fourth-order valence-electron chi connectivity index (χ4n) is 2.17. The number of carbonyl (C=O) groups is 1. The molecule has 0 aliphatic rings. The summed E-state index contributed by atoms with van der Waals surface area (Å²) in [6, 6.07) is 17.1. The van der Waals surface area contributed by atoms with Crippen LogP contribution in [0.15, 0.2) is 60.7 Å². The first-order valence-corrected chi connectivity index (χ1v) is 6.49.